The zero-order valence-electron chi connectivity index (χ0n) is 19.4. The molecule has 0 aliphatic carbocycles. The first-order chi connectivity index (χ1) is 17.3. The molecule has 0 radical (unpaired) electrons. The number of fused-ring (bicyclic) bond motifs is 2. The van der Waals surface area contributed by atoms with Gasteiger partial charge < -0.3 is 19.7 Å². The fourth-order valence-corrected chi connectivity index (χ4v) is 3.92. The fourth-order valence-electron chi connectivity index (χ4n) is 3.92. The molecule has 1 unspecified atom stereocenters. The summed E-state index contributed by atoms with van der Waals surface area (Å²) in [4.78, 5) is 57.5. The maximum Gasteiger partial charge on any atom is 0.490 e. The van der Waals surface area contributed by atoms with Crippen molar-refractivity contribution >= 4 is 46.2 Å². The molecule has 0 saturated carbocycles. The number of aromatic amines is 1. The number of amides is 2. The molecule has 0 bridgehead atoms. The molecule has 2 amide bonds. The Kier molecular flexibility index (Phi) is 6.50. The molecule has 2 heterocycles. The van der Waals surface area contributed by atoms with E-state index in [1.165, 1.54) is 30.1 Å². The van der Waals surface area contributed by atoms with Crippen LogP contribution in [0.2, 0.25) is 0 Å². The number of anilines is 2. The second-order valence-electron chi connectivity index (χ2n) is 8.26. The van der Waals surface area contributed by atoms with Crippen LogP contribution in [0, 0.1) is 6.92 Å². The third-order valence-corrected chi connectivity index (χ3v) is 5.60. The van der Waals surface area contributed by atoms with Gasteiger partial charge in [0.2, 0.25) is 0 Å². The van der Waals surface area contributed by atoms with E-state index in [-0.39, 0.29) is 16.8 Å². The number of carbonyl (C=O) groups excluding carboxylic acids is 3. The molecule has 1 aliphatic rings. The zero-order chi connectivity index (χ0) is 27.1. The minimum atomic E-state index is -5.37. The molecule has 0 fully saturated rings. The number of carboxylic acids is 1. The second kappa shape index (κ2) is 9.44. The van der Waals surface area contributed by atoms with Crippen molar-refractivity contribution in [2.45, 2.75) is 25.6 Å². The van der Waals surface area contributed by atoms with E-state index in [4.69, 9.17) is 5.11 Å². The van der Waals surface area contributed by atoms with Crippen molar-refractivity contribution < 1.29 is 42.2 Å². The number of rotatable bonds is 5. The number of aromatic nitrogens is 2. The minimum absolute atomic E-state index is 0.118. The maximum absolute atomic E-state index is 13.3. The molecule has 1 aliphatic heterocycles. The van der Waals surface area contributed by atoms with E-state index in [0.717, 1.165) is 0 Å². The fraction of sp³-hybridized carbons (Fsp3) is 0.261. The summed E-state index contributed by atoms with van der Waals surface area (Å²) in [5.41, 5.74) is 4.74. The molecule has 1 atom stereocenters. The topological polar surface area (TPSA) is 145 Å². The number of hydrazine groups is 1. The van der Waals surface area contributed by atoms with Crippen LogP contribution in [0.3, 0.4) is 0 Å². The molecule has 37 heavy (non-hydrogen) atoms. The summed E-state index contributed by atoms with van der Waals surface area (Å²) in [6, 6.07) is 9.36. The molecule has 0 spiro atoms. The zero-order valence-corrected chi connectivity index (χ0v) is 19.4. The number of aliphatic carboxylic acids is 1. The lowest BCUT2D eigenvalue weighted by Gasteiger charge is -2.23. The lowest BCUT2D eigenvalue weighted by Crippen LogP contribution is -2.47. The van der Waals surface area contributed by atoms with Crippen LogP contribution in [0.15, 0.2) is 36.4 Å². The van der Waals surface area contributed by atoms with E-state index in [0.29, 0.717) is 27.6 Å². The van der Waals surface area contributed by atoms with Crippen LogP contribution in [0.1, 0.15) is 21.7 Å². The Morgan fingerprint density at radius 2 is 1.97 bits per heavy atom. The summed E-state index contributed by atoms with van der Waals surface area (Å²) in [6.45, 7) is 0.844. The van der Waals surface area contributed by atoms with Gasteiger partial charge in [-0.05, 0) is 42.8 Å². The number of carbonyl (C=O) groups is 4. The first-order valence-corrected chi connectivity index (χ1v) is 10.8. The summed E-state index contributed by atoms with van der Waals surface area (Å²) in [6.07, 6.45) is -7.88. The third kappa shape index (κ3) is 5.17. The van der Waals surface area contributed by atoms with Crippen LogP contribution in [-0.2, 0) is 25.5 Å². The molecular weight excluding hydrogens is 499 g/mol. The van der Waals surface area contributed by atoms with Crippen LogP contribution in [-0.4, -0.2) is 69.7 Å². The molecule has 4 rings (SSSR count). The van der Waals surface area contributed by atoms with Gasteiger partial charge in [-0.2, -0.15) is 13.2 Å². The summed E-state index contributed by atoms with van der Waals surface area (Å²) in [7, 11) is 1.52. The molecular formula is C23H20F3N5O6. The number of aryl methyl sites for hydroxylation is 1. The minimum Gasteiger partial charge on any atom is -0.480 e. The monoisotopic (exact) mass is 519 g/mol. The van der Waals surface area contributed by atoms with Crippen molar-refractivity contribution in [3.05, 3.63) is 53.3 Å². The summed E-state index contributed by atoms with van der Waals surface area (Å²) in [5.74, 6) is -5.09. The number of H-pyrrole nitrogens is 1. The van der Waals surface area contributed by atoms with Gasteiger partial charge in [0, 0.05) is 19.0 Å². The number of hydrogen-bond acceptors (Lipinski definition) is 7. The van der Waals surface area contributed by atoms with Crippen molar-refractivity contribution in [2.75, 3.05) is 23.9 Å². The predicted octanol–water partition coefficient (Wildman–Crippen LogP) is 2.42. The van der Waals surface area contributed by atoms with Crippen molar-refractivity contribution in [3.63, 3.8) is 0 Å². The lowest BCUT2D eigenvalue weighted by molar-refractivity contribution is -0.206. The van der Waals surface area contributed by atoms with Gasteiger partial charge in [0.05, 0.1) is 16.9 Å². The summed E-state index contributed by atoms with van der Waals surface area (Å²) in [5, 5.41) is 9.64. The largest absolute Gasteiger partial charge is 0.490 e. The van der Waals surface area contributed by atoms with Gasteiger partial charge >= 0.3 is 18.1 Å². The van der Waals surface area contributed by atoms with Gasteiger partial charge in [0.25, 0.3) is 11.8 Å². The van der Waals surface area contributed by atoms with Crippen molar-refractivity contribution in [1.82, 2.24) is 15.0 Å². The first-order valence-electron chi connectivity index (χ1n) is 10.8. The average molecular weight is 519 g/mol. The second-order valence-corrected chi connectivity index (χ2v) is 8.26. The number of ether oxygens (including phenoxy) is 1. The SMILES string of the molecule is Cc1nc2c(N(C)C(=O)c3ccc4c(c3)CC(OC(=O)C(F)(F)F)C(=O)N(CC(=O)O)N4)cccc2[nH]1. The highest BCUT2D eigenvalue weighted by Gasteiger charge is 2.45. The van der Waals surface area contributed by atoms with E-state index in [1.807, 2.05) is 0 Å². The Bertz CT molecular complexity index is 1420. The maximum atomic E-state index is 13.3. The van der Waals surface area contributed by atoms with Crippen molar-refractivity contribution in [3.8, 4) is 0 Å². The molecule has 11 nitrogen and oxygen atoms in total. The molecule has 194 valence electrons. The highest BCUT2D eigenvalue weighted by molar-refractivity contribution is 6.09. The number of imidazole rings is 1. The number of carboxylic acid groups (broad SMARTS) is 1. The molecule has 3 aromatic rings. The summed E-state index contributed by atoms with van der Waals surface area (Å²) < 4.78 is 42.8. The van der Waals surface area contributed by atoms with Gasteiger partial charge in [-0.3, -0.25) is 19.8 Å². The Balaban J connectivity index is 1.68. The number of nitrogens with zero attached hydrogens (tertiary/aromatic N) is 3. The van der Waals surface area contributed by atoms with E-state index in [2.05, 4.69) is 20.1 Å². The number of alkyl halides is 3. The van der Waals surface area contributed by atoms with E-state index in [9.17, 15) is 32.3 Å². The third-order valence-electron chi connectivity index (χ3n) is 5.60. The van der Waals surface area contributed by atoms with Crippen molar-refractivity contribution in [2.24, 2.45) is 0 Å². The van der Waals surface area contributed by atoms with Crippen LogP contribution >= 0.6 is 0 Å². The van der Waals surface area contributed by atoms with E-state index in [1.54, 1.807) is 25.1 Å². The molecule has 2 aromatic carbocycles. The number of hydrogen-bond donors (Lipinski definition) is 3. The Hall–Kier alpha value is -4.62. The highest BCUT2D eigenvalue weighted by atomic mass is 19.4. The van der Waals surface area contributed by atoms with Gasteiger partial charge in [-0.25, -0.2) is 14.8 Å². The number of halogens is 3. The normalized spacial score (nSPS) is 15.5. The molecule has 0 saturated heterocycles. The Morgan fingerprint density at radius 3 is 2.65 bits per heavy atom. The van der Waals surface area contributed by atoms with E-state index < -0.39 is 49.0 Å². The number of esters is 1. The van der Waals surface area contributed by atoms with Gasteiger partial charge in [-0.1, -0.05) is 6.07 Å². The Morgan fingerprint density at radius 1 is 1.24 bits per heavy atom. The number of benzene rings is 2. The number of para-hydroxylation sites is 1. The highest BCUT2D eigenvalue weighted by Crippen LogP contribution is 2.29. The number of nitrogens with one attached hydrogen (secondary N) is 2. The smallest absolute Gasteiger partial charge is 0.480 e. The van der Waals surface area contributed by atoms with Crippen LogP contribution in [0.4, 0.5) is 24.5 Å². The van der Waals surface area contributed by atoms with Crippen LogP contribution < -0.4 is 10.3 Å². The van der Waals surface area contributed by atoms with Crippen LogP contribution in [0.5, 0.6) is 0 Å². The average Bonchev–Trinajstić information content (AvgIpc) is 3.16. The quantitative estimate of drug-likeness (QED) is 0.436. The standard InChI is InChI=1S/C23H20F3N5O6/c1-11-27-15-4-3-5-16(19(15)28-11)30(2)20(34)12-6-7-14-13(8-12)9-17(37-22(36)23(24,25)26)21(35)31(29-14)10-18(32)33/h3-8,17,29H,9-10H2,1-2H3,(H,27,28)(H,32,33). The summed E-state index contributed by atoms with van der Waals surface area (Å²) >= 11 is 0. The first kappa shape index (κ1) is 25.5. The predicted molar refractivity (Wildman–Crippen MR) is 123 cm³/mol. The Labute approximate surface area is 206 Å². The lowest BCUT2D eigenvalue weighted by atomic mass is 10.0. The van der Waals surface area contributed by atoms with Gasteiger partial charge in [-0.15, -0.1) is 0 Å². The molecule has 14 heteroatoms. The van der Waals surface area contributed by atoms with Gasteiger partial charge in [0.1, 0.15) is 17.9 Å². The molecule has 3 N–H and O–H groups in total. The van der Waals surface area contributed by atoms with Crippen LogP contribution in [0.25, 0.3) is 11.0 Å². The molecule has 1 aromatic heterocycles. The van der Waals surface area contributed by atoms with E-state index >= 15 is 0 Å². The van der Waals surface area contributed by atoms with Gasteiger partial charge in [0.15, 0.2) is 6.10 Å². The van der Waals surface area contributed by atoms with Crippen molar-refractivity contribution in [1.29, 1.82) is 0 Å².